The van der Waals surface area contributed by atoms with Gasteiger partial charge in [0.15, 0.2) is 6.29 Å². The highest BCUT2D eigenvalue weighted by molar-refractivity contribution is 5.72. The molecule has 2 nitrogen and oxygen atoms in total. The maximum atomic E-state index is 10.9. The van der Waals surface area contributed by atoms with Gasteiger partial charge in [0.2, 0.25) is 0 Å². The largest absolute Gasteiger partial charge is 0.339 e. The Morgan fingerprint density at radius 1 is 1.43 bits per heavy atom. The molecule has 1 aromatic rings. The van der Waals surface area contributed by atoms with Gasteiger partial charge >= 0.3 is 0 Å². The summed E-state index contributed by atoms with van der Waals surface area (Å²) in [5, 5.41) is 0. The van der Waals surface area contributed by atoms with E-state index in [1.807, 2.05) is 6.07 Å². The third kappa shape index (κ3) is 1.49. The third-order valence-corrected chi connectivity index (χ3v) is 3.21. The highest BCUT2D eigenvalue weighted by atomic mass is 16.1. The molecule has 0 aromatic carbocycles. The molecule has 2 heteroatoms. The summed E-state index contributed by atoms with van der Waals surface area (Å²) < 4.78 is 2.25. The number of rotatable bonds is 3. The molecule has 0 spiro atoms. The van der Waals surface area contributed by atoms with Crippen molar-refractivity contribution in [1.29, 1.82) is 0 Å². The molecule has 0 radical (unpaired) electrons. The van der Waals surface area contributed by atoms with Gasteiger partial charge in [0, 0.05) is 11.7 Å². The Bertz CT molecular complexity index is 321. The zero-order valence-corrected chi connectivity index (χ0v) is 8.70. The van der Waals surface area contributed by atoms with Gasteiger partial charge < -0.3 is 4.57 Å². The lowest BCUT2D eigenvalue weighted by Crippen LogP contribution is -2.11. The van der Waals surface area contributed by atoms with Crippen LogP contribution in [0, 0.1) is 0 Å². The molecule has 0 N–H and O–H groups in total. The molecule has 0 amide bonds. The van der Waals surface area contributed by atoms with Crippen molar-refractivity contribution in [3.63, 3.8) is 0 Å². The summed E-state index contributed by atoms with van der Waals surface area (Å²) >= 11 is 0. The number of aryl methyl sites for hydroxylation is 1. The molecular formula is C12H17NO. The van der Waals surface area contributed by atoms with E-state index in [4.69, 9.17) is 0 Å². The lowest BCUT2D eigenvalue weighted by Gasteiger charge is -2.17. The van der Waals surface area contributed by atoms with Crippen molar-refractivity contribution in [1.82, 2.24) is 4.57 Å². The molecule has 1 saturated carbocycles. The molecule has 14 heavy (non-hydrogen) atoms. The standard InChI is InChI=1S/C12H17NO/c1-2-10-7-8-12(9-14)13(10)11-5-3-4-6-11/h7-9,11H,2-6H2,1H3. The molecule has 1 heterocycles. The van der Waals surface area contributed by atoms with Crippen LogP contribution in [0.3, 0.4) is 0 Å². The molecule has 1 aliphatic rings. The highest BCUT2D eigenvalue weighted by Gasteiger charge is 2.20. The van der Waals surface area contributed by atoms with Gasteiger partial charge in [-0.3, -0.25) is 4.79 Å². The first-order valence-corrected chi connectivity index (χ1v) is 5.52. The topological polar surface area (TPSA) is 22.0 Å². The van der Waals surface area contributed by atoms with E-state index in [2.05, 4.69) is 17.6 Å². The third-order valence-electron chi connectivity index (χ3n) is 3.21. The summed E-state index contributed by atoms with van der Waals surface area (Å²) in [4.78, 5) is 10.9. The molecule has 0 aliphatic heterocycles. The van der Waals surface area contributed by atoms with Gasteiger partial charge in [-0.05, 0) is 31.4 Å². The number of hydrogen-bond donors (Lipinski definition) is 0. The highest BCUT2D eigenvalue weighted by Crippen LogP contribution is 2.32. The molecule has 76 valence electrons. The quantitative estimate of drug-likeness (QED) is 0.673. The van der Waals surface area contributed by atoms with Crippen LogP contribution in [-0.2, 0) is 6.42 Å². The van der Waals surface area contributed by atoms with Crippen molar-refractivity contribution in [3.8, 4) is 0 Å². The minimum atomic E-state index is 0.583. The number of carbonyl (C=O) groups is 1. The van der Waals surface area contributed by atoms with Crippen molar-refractivity contribution in [2.24, 2.45) is 0 Å². The van der Waals surface area contributed by atoms with E-state index in [9.17, 15) is 4.79 Å². The van der Waals surface area contributed by atoms with Crippen molar-refractivity contribution in [2.75, 3.05) is 0 Å². The first kappa shape index (κ1) is 9.50. The van der Waals surface area contributed by atoms with E-state index in [-0.39, 0.29) is 0 Å². The molecular weight excluding hydrogens is 174 g/mol. The summed E-state index contributed by atoms with van der Waals surface area (Å²) in [6, 6.07) is 4.62. The Labute approximate surface area is 84.9 Å². The Hall–Kier alpha value is -1.05. The number of hydrogen-bond acceptors (Lipinski definition) is 1. The zero-order chi connectivity index (χ0) is 9.97. The minimum Gasteiger partial charge on any atom is -0.339 e. The van der Waals surface area contributed by atoms with Crippen LogP contribution in [0.5, 0.6) is 0 Å². The Kier molecular flexibility index (Phi) is 2.71. The maximum Gasteiger partial charge on any atom is 0.166 e. The van der Waals surface area contributed by atoms with Crippen LogP contribution < -0.4 is 0 Å². The number of aldehydes is 1. The van der Waals surface area contributed by atoms with Crippen LogP contribution >= 0.6 is 0 Å². The fraction of sp³-hybridized carbons (Fsp3) is 0.583. The van der Waals surface area contributed by atoms with E-state index >= 15 is 0 Å². The smallest absolute Gasteiger partial charge is 0.166 e. The Balaban J connectivity index is 2.36. The Morgan fingerprint density at radius 3 is 2.71 bits per heavy atom. The van der Waals surface area contributed by atoms with Crippen LogP contribution in [-0.4, -0.2) is 10.9 Å². The van der Waals surface area contributed by atoms with Crippen molar-refractivity contribution in [2.45, 2.75) is 45.1 Å². The van der Waals surface area contributed by atoms with Crippen LogP contribution in [0.2, 0.25) is 0 Å². The van der Waals surface area contributed by atoms with E-state index < -0.39 is 0 Å². The second-order valence-electron chi connectivity index (χ2n) is 4.03. The zero-order valence-electron chi connectivity index (χ0n) is 8.70. The van der Waals surface area contributed by atoms with E-state index in [0.29, 0.717) is 6.04 Å². The number of carbonyl (C=O) groups excluding carboxylic acids is 1. The minimum absolute atomic E-state index is 0.583. The first-order chi connectivity index (χ1) is 6.86. The van der Waals surface area contributed by atoms with Gasteiger partial charge in [0.1, 0.15) is 0 Å². The lowest BCUT2D eigenvalue weighted by atomic mass is 10.2. The number of aromatic nitrogens is 1. The summed E-state index contributed by atoms with van der Waals surface area (Å²) in [6.45, 7) is 2.15. The van der Waals surface area contributed by atoms with E-state index in [1.54, 1.807) is 0 Å². The van der Waals surface area contributed by atoms with Gasteiger partial charge in [-0.25, -0.2) is 0 Å². The number of nitrogens with zero attached hydrogens (tertiary/aromatic N) is 1. The monoisotopic (exact) mass is 191 g/mol. The SMILES string of the molecule is CCc1ccc(C=O)n1C1CCCC1. The molecule has 2 rings (SSSR count). The van der Waals surface area contributed by atoms with E-state index in [1.165, 1.54) is 31.4 Å². The fourth-order valence-electron chi connectivity index (χ4n) is 2.50. The van der Waals surface area contributed by atoms with Crippen LogP contribution in [0.15, 0.2) is 12.1 Å². The normalized spacial score (nSPS) is 17.5. The van der Waals surface area contributed by atoms with Crippen LogP contribution in [0.1, 0.15) is 54.8 Å². The average Bonchev–Trinajstić information content (AvgIpc) is 2.85. The first-order valence-electron chi connectivity index (χ1n) is 5.52. The predicted molar refractivity (Wildman–Crippen MR) is 56.7 cm³/mol. The van der Waals surface area contributed by atoms with Crippen molar-refractivity contribution in [3.05, 3.63) is 23.5 Å². The van der Waals surface area contributed by atoms with Gasteiger partial charge in [0.25, 0.3) is 0 Å². The molecule has 1 aliphatic carbocycles. The molecule has 0 saturated heterocycles. The summed E-state index contributed by atoms with van der Waals surface area (Å²) in [7, 11) is 0. The predicted octanol–water partition coefficient (Wildman–Crippen LogP) is 2.98. The van der Waals surface area contributed by atoms with Gasteiger partial charge in [-0.15, -0.1) is 0 Å². The van der Waals surface area contributed by atoms with Gasteiger partial charge in [0.05, 0.1) is 5.69 Å². The summed E-state index contributed by atoms with van der Waals surface area (Å²) in [6.07, 6.45) is 7.10. The van der Waals surface area contributed by atoms with Gasteiger partial charge in [-0.2, -0.15) is 0 Å². The molecule has 1 fully saturated rings. The van der Waals surface area contributed by atoms with Crippen LogP contribution in [0.4, 0.5) is 0 Å². The summed E-state index contributed by atoms with van der Waals surface area (Å²) in [5.74, 6) is 0. The second kappa shape index (κ2) is 3.99. The summed E-state index contributed by atoms with van der Waals surface area (Å²) in [5.41, 5.74) is 2.16. The molecule has 0 atom stereocenters. The van der Waals surface area contributed by atoms with Crippen molar-refractivity contribution >= 4 is 6.29 Å². The fourth-order valence-corrected chi connectivity index (χ4v) is 2.50. The lowest BCUT2D eigenvalue weighted by molar-refractivity contribution is 0.111. The van der Waals surface area contributed by atoms with Crippen LogP contribution in [0.25, 0.3) is 0 Å². The van der Waals surface area contributed by atoms with E-state index in [0.717, 1.165) is 18.4 Å². The average molecular weight is 191 g/mol. The van der Waals surface area contributed by atoms with Crippen molar-refractivity contribution < 1.29 is 4.79 Å². The maximum absolute atomic E-state index is 10.9. The second-order valence-corrected chi connectivity index (χ2v) is 4.03. The Morgan fingerprint density at radius 2 is 2.14 bits per heavy atom. The molecule has 1 aromatic heterocycles. The van der Waals surface area contributed by atoms with Gasteiger partial charge in [-0.1, -0.05) is 19.8 Å². The molecule has 0 unspecified atom stereocenters. The molecule has 0 bridgehead atoms.